The van der Waals surface area contributed by atoms with Gasteiger partial charge in [0.25, 0.3) is 5.91 Å². The Bertz CT molecular complexity index is 1510. The molecule has 0 bridgehead atoms. The predicted octanol–water partition coefficient (Wildman–Crippen LogP) is 3.61. The normalized spacial score (nSPS) is 20.1. The van der Waals surface area contributed by atoms with Crippen LogP contribution in [0, 0.1) is 5.82 Å². The van der Waals surface area contributed by atoms with Gasteiger partial charge in [-0.05, 0) is 39.1 Å². The molecule has 2 fully saturated rings. The largest absolute Gasteiger partial charge is 0.417 e. The summed E-state index contributed by atoms with van der Waals surface area (Å²) in [7, 11) is 1.98. The van der Waals surface area contributed by atoms with E-state index in [4.69, 9.17) is 4.74 Å². The van der Waals surface area contributed by atoms with E-state index in [2.05, 4.69) is 25.2 Å². The number of anilines is 3. The van der Waals surface area contributed by atoms with E-state index in [1.54, 1.807) is 0 Å². The summed E-state index contributed by atoms with van der Waals surface area (Å²) in [6.07, 6.45) is -2.72. The van der Waals surface area contributed by atoms with Gasteiger partial charge in [0.15, 0.2) is 0 Å². The highest BCUT2D eigenvalue weighted by molar-refractivity contribution is 6.07. The molecular weight excluding hydrogens is 558 g/mol. The van der Waals surface area contributed by atoms with E-state index in [0.717, 1.165) is 6.20 Å². The Kier molecular flexibility index (Phi) is 8.19. The molecule has 42 heavy (non-hydrogen) atoms. The number of hydrogen-bond acceptors (Lipinski definition) is 8. The van der Waals surface area contributed by atoms with Gasteiger partial charge in [0, 0.05) is 62.3 Å². The molecule has 0 aliphatic carbocycles. The van der Waals surface area contributed by atoms with E-state index in [1.165, 1.54) is 24.4 Å². The fraction of sp³-hybridized carbons (Fsp3) is 0.429. The van der Waals surface area contributed by atoms with E-state index in [0.29, 0.717) is 57.1 Å². The van der Waals surface area contributed by atoms with Crippen LogP contribution in [0.2, 0.25) is 0 Å². The number of rotatable bonds is 5. The topological polar surface area (TPSA) is 107 Å². The molecule has 2 atom stereocenters. The number of ether oxygens (including phenoxy) is 1. The number of piperazine rings is 1. The lowest BCUT2D eigenvalue weighted by molar-refractivity contribution is -0.138. The minimum atomic E-state index is -4.95. The zero-order valence-electron chi connectivity index (χ0n) is 23.3. The van der Waals surface area contributed by atoms with E-state index in [1.807, 2.05) is 30.7 Å². The Morgan fingerprint density at radius 3 is 2.45 bits per heavy atom. The molecule has 10 nitrogen and oxygen atoms in total. The molecule has 0 saturated carbocycles. The van der Waals surface area contributed by atoms with E-state index in [9.17, 15) is 22.8 Å². The lowest BCUT2D eigenvalue weighted by atomic mass is 10.0. The second-order valence-corrected chi connectivity index (χ2v) is 10.5. The third kappa shape index (κ3) is 6.09. The molecule has 3 aromatic rings. The predicted molar refractivity (Wildman–Crippen MR) is 149 cm³/mol. The molecule has 2 aromatic heterocycles. The van der Waals surface area contributed by atoms with Crippen molar-refractivity contribution in [1.29, 1.82) is 0 Å². The number of carbonyl (C=O) groups excluding carboxylic acids is 1. The van der Waals surface area contributed by atoms with Gasteiger partial charge in [-0.25, -0.2) is 14.4 Å². The van der Waals surface area contributed by atoms with Crippen LogP contribution in [-0.4, -0.2) is 84.3 Å². The van der Waals surface area contributed by atoms with Gasteiger partial charge in [-0.2, -0.15) is 13.2 Å². The molecule has 1 amide bonds. The first kappa shape index (κ1) is 29.5. The minimum absolute atomic E-state index is 0.0405. The maximum absolute atomic E-state index is 15.8. The average Bonchev–Trinajstić information content (AvgIpc) is 2.96. The molecule has 2 N–H and O–H groups in total. The van der Waals surface area contributed by atoms with E-state index < -0.39 is 34.6 Å². The van der Waals surface area contributed by atoms with Gasteiger partial charge in [-0.1, -0.05) is 0 Å². The lowest BCUT2D eigenvalue weighted by Crippen LogP contribution is -2.55. The maximum Gasteiger partial charge on any atom is 0.417 e. The van der Waals surface area contributed by atoms with Gasteiger partial charge in [-0.15, -0.1) is 0 Å². The molecular formula is C28H31F4N7O3. The van der Waals surface area contributed by atoms with Crippen molar-refractivity contribution >= 4 is 23.2 Å². The number of likely N-dealkylation sites (N-methyl/N-ethyl adjacent to an activating group) is 1. The summed E-state index contributed by atoms with van der Waals surface area (Å²) in [4.78, 5) is 41.9. The molecule has 2 aliphatic heterocycles. The van der Waals surface area contributed by atoms with Crippen molar-refractivity contribution in [3.8, 4) is 11.3 Å². The van der Waals surface area contributed by atoms with Gasteiger partial charge in [0.05, 0.1) is 41.4 Å². The van der Waals surface area contributed by atoms with Crippen LogP contribution in [0.15, 0.2) is 41.5 Å². The number of morpholine rings is 1. The molecule has 5 rings (SSSR count). The Morgan fingerprint density at radius 1 is 1.10 bits per heavy atom. The molecule has 14 heteroatoms. The van der Waals surface area contributed by atoms with Crippen molar-refractivity contribution in [2.75, 3.05) is 61.6 Å². The van der Waals surface area contributed by atoms with E-state index >= 15 is 4.39 Å². The first-order chi connectivity index (χ1) is 19.9. The van der Waals surface area contributed by atoms with Crippen LogP contribution in [-0.2, 0) is 10.9 Å². The van der Waals surface area contributed by atoms with Crippen molar-refractivity contribution in [3.63, 3.8) is 0 Å². The number of pyridine rings is 1. The number of hydrogen-bond donors (Lipinski definition) is 2. The van der Waals surface area contributed by atoms with Gasteiger partial charge >= 0.3 is 6.18 Å². The monoisotopic (exact) mass is 589 g/mol. The van der Waals surface area contributed by atoms with Crippen molar-refractivity contribution in [2.24, 2.45) is 0 Å². The Labute approximate surface area is 239 Å². The molecule has 0 unspecified atom stereocenters. The fourth-order valence-electron chi connectivity index (χ4n) is 5.22. The number of amides is 1. The number of aromatic amines is 1. The van der Waals surface area contributed by atoms with Crippen molar-refractivity contribution in [1.82, 2.24) is 19.9 Å². The van der Waals surface area contributed by atoms with Crippen LogP contribution in [0.3, 0.4) is 0 Å². The third-order valence-corrected chi connectivity index (χ3v) is 7.72. The molecule has 4 heterocycles. The molecule has 0 spiro atoms. The highest BCUT2D eigenvalue weighted by atomic mass is 19.4. The van der Waals surface area contributed by atoms with Gasteiger partial charge in [0.1, 0.15) is 5.82 Å². The minimum Gasteiger partial charge on any atom is -0.378 e. The number of nitrogens with zero attached hydrogens (tertiary/aromatic N) is 5. The first-order valence-corrected chi connectivity index (χ1v) is 13.5. The van der Waals surface area contributed by atoms with Crippen LogP contribution in [0.1, 0.15) is 29.8 Å². The molecule has 0 radical (unpaired) electrons. The number of H-pyrrole nitrogens is 1. The van der Waals surface area contributed by atoms with Crippen molar-refractivity contribution < 1.29 is 27.1 Å². The summed E-state index contributed by atoms with van der Waals surface area (Å²) in [5.41, 5.74) is -2.44. The van der Waals surface area contributed by atoms with Crippen LogP contribution in [0.4, 0.5) is 34.9 Å². The molecule has 224 valence electrons. The quantitative estimate of drug-likeness (QED) is 0.435. The highest BCUT2D eigenvalue weighted by Crippen LogP contribution is 2.37. The highest BCUT2D eigenvalue weighted by Gasteiger charge is 2.36. The summed E-state index contributed by atoms with van der Waals surface area (Å²) < 4.78 is 62.4. The number of halogens is 4. The SMILES string of the molecule is C[C@@H]1CN(c2cc(F)c(-c3ccnc(N4CCOCC4)n3)cc2NC(=O)c2c[nH]c(=O)cc2C(F)(F)F)C[C@H](C)N1C. The number of nitrogens with one attached hydrogen (secondary N) is 2. The van der Waals surface area contributed by atoms with Gasteiger partial charge in [-0.3, -0.25) is 14.5 Å². The van der Waals surface area contributed by atoms with Crippen LogP contribution >= 0.6 is 0 Å². The summed E-state index contributed by atoms with van der Waals surface area (Å²) in [6.45, 7) is 7.12. The standard InChI is InChI=1S/C28H31F4N7O3/c1-16-14-39(15-17(2)37(16)3)24-12-21(29)18(22-4-5-33-27(36-22)38-6-8-42-9-7-38)10-23(24)35-26(41)19-13-34-25(40)11-20(19)28(30,31)32/h4-5,10-13,16-17H,6-9,14-15H2,1-3H3,(H,34,40)(H,35,41)/t16-,17+. The number of benzene rings is 1. The summed E-state index contributed by atoms with van der Waals surface area (Å²) in [5, 5.41) is 2.56. The number of carbonyl (C=O) groups is 1. The Hall–Kier alpha value is -4.04. The van der Waals surface area contributed by atoms with Crippen LogP contribution in [0.25, 0.3) is 11.3 Å². The molecule has 1 aromatic carbocycles. The third-order valence-electron chi connectivity index (χ3n) is 7.72. The van der Waals surface area contributed by atoms with Crippen LogP contribution < -0.4 is 20.7 Å². The summed E-state index contributed by atoms with van der Waals surface area (Å²) >= 11 is 0. The zero-order valence-corrected chi connectivity index (χ0v) is 23.3. The zero-order chi connectivity index (χ0) is 30.2. The van der Waals surface area contributed by atoms with Gasteiger partial charge < -0.3 is 24.8 Å². The Morgan fingerprint density at radius 2 is 1.79 bits per heavy atom. The van der Waals surface area contributed by atoms with E-state index in [-0.39, 0.29) is 29.0 Å². The smallest absolute Gasteiger partial charge is 0.378 e. The van der Waals surface area contributed by atoms with Crippen molar-refractivity contribution in [3.05, 3.63) is 64.0 Å². The second kappa shape index (κ2) is 11.7. The average molecular weight is 590 g/mol. The molecule has 2 saturated heterocycles. The molecule has 2 aliphatic rings. The number of aromatic nitrogens is 3. The first-order valence-electron chi connectivity index (χ1n) is 13.5. The maximum atomic E-state index is 15.8. The summed E-state index contributed by atoms with van der Waals surface area (Å²) in [5.74, 6) is -1.34. The lowest BCUT2D eigenvalue weighted by Gasteiger charge is -2.44. The number of alkyl halides is 3. The van der Waals surface area contributed by atoms with Gasteiger partial charge in [0.2, 0.25) is 11.5 Å². The Balaban J connectivity index is 1.58. The summed E-state index contributed by atoms with van der Waals surface area (Å²) in [6, 6.07) is 4.66. The fourth-order valence-corrected chi connectivity index (χ4v) is 5.22. The van der Waals surface area contributed by atoms with Crippen LogP contribution in [0.5, 0.6) is 0 Å². The second-order valence-electron chi connectivity index (χ2n) is 10.5. The van der Waals surface area contributed by atoms with Crippen molar-refractivity contribution in [2.45, 2.75) is 32.1 Å².